The van der Waals surface area contributed by atoms with Crippen LogP contribution in [0.3, 0.4) is 0 Å². The van der Waals surface area contributed by atoms with E-state index in [1.807, 2.05) is 0 Å². The molecule has 1 heteroatoms. The van der Waals surface area contributed by atoms with Crippen LogP contribution in [-0.4, -0.2) is 24.5 Å². The Morgan fingerprint density at radius 2 is 1.58 bits per heavy atom. The third kappa shape index (κ3) is 3.57. The molecule has 0 aromatic heterocycles. The summed E-state index contributed by atoms with van der Waals surface area (Å²) in [7, 11) is 2.23. The average Bonchev–Trinajstić information content (AvgIpc) is 2.02. The predicted octanol–water partition coefficient (Wildman–Crippen LogP) is 3.01. The summed E-state index contributed by atoms with van der Waals surface area (Å²) < 4.78 is 0. The van der Waals surface area contributed by atoms with Gasteiger partial charge < -0.3 is 4.90 Å². The van der Waals surface area contributed by atoms with Crippen molar-refractivity contribution in [1.82, 2.24) is 4.90 Å². The van der Waals surface area contributed by atoms with Crippen molar-refractivity contribution in [3.8, 4) is 0 Å². The van der Waals surface area contributed by atoms with Crippen LogP contribution in [0.1, 0.15) is 41.0 Å². The smallest absolute Gasteiger partial charge is 0.00919 e. The van der Waals surface area contributed by atoms with Gasteiger partial charge in [-0.25, -0.2) is 0 Å². The highest BCUT2D eigenvalue weighted by atomic mass is 15.1. The average molecular weight is 171 g/mol. The van der Waals surface area contributed by atoms with Gasteiger partial charge in [0.1, 0.15) is 0 Å². The normalized spacial score (nSPS) is 17.0. The first-order valence-electron chi connectivity index (χ1n) is 5.20. The molecule has 0 aromatic carbocycles. The predicted molar refractivity (Wildman–Crippen MR) is 56.4 cm³/mol. The zero-order valence-electron chi connectivity index (χ0n) is 9.59. The molecule has 0 heterocycles. The second kappa shape index (κ2) is 5.58. The van der Waals surface area contributed by atoms with Crippen LogP contribution in [0.2, 0.25) is 0 Å². The molecule has 1 nitrogen and oxygen atoms in total. The molecular formula is C11H25N. The van der Waals surface area contributed by atoms with Crippen LogP contribution >= 0.6 is 0 Å². The maximum atomic E-state index is 2.46. The van der Waals surface area contributed by atoms with E-state index in [-0.39, 0.29) is 0 Å². The van der Waals surface area contributed by atoms with Crippen LogP contribution < -0.4 is 0 Å². The quantitative estimate of drug-likeness (QED) is 0.614. The summed E-state index contributed by atoms with van der Waals surface area (Å²) in [5, 5.41) is 0. The van der Waals surface area contributed by atoms with Gasteiger partial charge in [0.25, 0.3) is 0 Å². The summed E-state index contributed by atoms with van der Waals surface area (Å²) >= 11 is 0. The third-order valence-electron chi connectivity index (χ3n) is 3.08. The van der Waals surface area contributed by atoms with Gasteiger partial charge in [-0.3, -0.25) is 0 Å². The van der Waals surface area contributed by atoms with Gasteiger partial charge in [-0.05, 0) is 38.8 Å². The van der Waals surface area contributed by atoms with Crippen LogP contribution in [0.15, 0.2) is 0 Å². The Bertz CT molecular complexity index is 110. The third-order valence-corrected chi connectivity index (χ3v) is 3.08. The molecule has 2 unspecified atom stereocenters. The molecule has 0 saturated carbocycles. The van der Waals surface area contributed by atoms with Crippen molar-refractivity contribution < 1.29 is 0 Å². The van der Waals surface area contributed by atoms with Gasteiger partial charge >= 0.3 is 0 Å². The molecular weight excluding hydrogens is 146 g/mol. The van der Waals surface area contributed by atoms with E-state index in [1.54, 1.807) is 0 Å². The standard InChI is InChI=1S/C11H25N/c1-7-8-12(6)11(5)10(4)9(2)3/h9-11H,7-8H2,1-6H3. The second-order valence-electron chi connectivity index (χ2n) is 4.32. The van der Waals surface area contributed by atoms with Gasteiger partial charge in [0.15, 0.2) is 0 Å². The van der Waals surface area contributed by atoms with Crippen LogP contribution in [-0.2, 0) is 0 Å². The Morgan fingerprint density at radius 1 is 1.08 bits per heavy atom. The fourth-order valence-corrected chi connectivity index (χ4v) is 1.51. The lowest BCUT2D eigenvalue weighted by Gasteiger charge is -2.31. The first kappa shape index (κ1) is 12.0. The molecule has 0 rings (SSSR count). The van der Waals surface area contributed by atoms with Gasteiger partial charge in [0, 0.05) is 6.04 Å². The van der Waals surface area contributed by atoms with Gasteiger partial charge in [0.2, 0.25) is 0 Å². The summed E-state index contributed by atoms with van der Waals surface area (Å²) in [5.41, 5.74) is 0. The molecule has 0 aliphatic carbocycles. The second-order valence-corrected chi connectivity index (χ2v) is 4.32. The van der Waals surface area contributed by atoms with E-state index in [2.05, 4.69) is 46.6 Å². The molecule has 2 atom stereocenters. The van der Waals surface area contributed by atoms with Crippen molar-refractivity contribution in [1.29, 1.82) is 0 Å². The summed E-state index contributed by atoms with van der Waals surface area (Å²) in [6.07, 6.45) is 1.26. The van der Waals surface area contributed by atoms with Gasteiger partial charge in [-0.1, -0.05) is 27.7 Å². The lowest BCUT2D eigenvalue weighted by atomic mass is 9.90. The lowest BCUT2D eigenvalue weighted by Crippen LogP contribution is -2.36. The number of nitrogens with zero attached hydrogens (tertiary/aromatic N) is 1. The highest BCUT2D eigenvalue weighted by Crippen LogP contribution is 2.18. The summed E-state index contributed by atoms with van der Waals surface area (Å²) in [5.74, 6) is 1.58. The molecule has 0 spiro atoms. The fourth-order valence-electron chi connectivity index (χ4n) is 1.51. The van der Waals surface area contributed by atoms with E-state index < -0.39 is 0 Å². The minimum Gasteiger partial charge on any atom is -0.303 e. The molecule has 0 aliphatic rings. The van der Waals surface area contributed by atoms with Crippen LogP contribution in [0.4, 0.5) is 0 Å². The monoisotopic (exact) mass is 171 g/mol. The Morgan fingerprint density at radius 3 is 1.92 bits per heavy atom. The van der Waals surface area contributed by atoms with Crippen molar-refractivity contribution in [2.45, 2.75) is 47.1 Å². The number of hydrogen-bond acceptors (Lipinski definition) is 1. The van der Waals surface area contributed by atoms with E-state index in [1.165, 1.54) is 13.0 Å². The molecule has 0 aromatic rings. The van der Waals surface area contributed by atoms with Crippen LogP contribution in [0.25, 0.3) is 0 Å². The highest BCUT2D eigenvalue weighted by molar-refractivity contribution is 4.72. The zero-order chi connectivity index (χ0) is 9.72. The molecule has 0 radical (unpaired) electrons. The van der Waals surface area contributed by atoms with Crippen LogP contribution in [0, 0.1) is 11.8 Å². The Hall–Kier alpha value is -0.0400. The Balaban J connectivity index is 3.90. The first-order valence-corrected chi connectivity index (χ1v) is 5.20. The maximum absolute atomic E-state index is 2.46. The SMILES string of the molecule is CCCN(C)C(C)C(C)C(C)C. The minimum atomic E-state index is 0.713. The molecule has 0 saturated heterocycles. The summed E-state index contributed by atoms with van der Waals surface area (Å²) in [6.45, 7) is 12.8. The van der Waals surface area contributed by atoms with E-state index in [0.717, 1.165) is 11.8 Å². The van der Waals surface area contributed by atoms with Crippen molar-refractivity contribution in [3.05, 3.63) is 0 Å². The van der Waals surface area contributed by atoms with Crippen molar-refractivity contribution >= 4 is 0 Å². The van der Waals surface area contributed by atoms with Gasteiger partial charge in [0.05, 0.1) is 0 Å². The van der Waals surface area contributed by atoms with Gasteiger partial charge in [-0.15, -0.1) is 0 Å². The Kier molecular flexibility index (Phi) is 5.56. The van der Waals surface area contributed by atoms with E-state index >= 15 is 0 Å². The summed E-state index contributed by atoms with van der Waals surface area (Å²) in [6, 6.07) is 0.713. The van der Waals surface area contributed by atoms with E-state index in [4.69, 9.17) is 0 Å². The topological polar surface area (TPSA) is 3.24 Å². The molecule has 0 amide bonds. The summed E-state index contributed by atoms with van der Waals surface area (Å²) in [4.78, 5) is 2.46. The molecule has 74 valence electrons. The highest BCUT2D eigenvalue weighted by Gasteiger charge is 2.18. The van der Waals surface area contributed by atoms with Gasteiger partial charge in [-0.2, -0.15) is 0 Å². The van der Waals surface area contributed by atoms with Crippen molar-refractivity contribution in [3.63, 3.8) is 0 Å². The molecule has 0 aliphatic heterocycles. The van der Waals surface area contributed by atoms with Crippen molar-refractivity contribution in [2.24, 2.45) is 11.8 Å². The van der Waals surface area contributed by atoms with Crippen molar-refractivity contribution in [2.75, 3.05) is 13.6 Å². The van der Waals surface area contributed by atoms with E-state index in [0.29, 0.717) is 6.04 Å². The molecule has 0 bridgehead atoms. The number of rotatable bonds is 5. The molecule has 0 fully saturated rings. The molecule has 0 N–H and O–H groups in total. The maximum Gasteiger partial charge on any atom is 0.00919 e. The van der Waals surface area contributed by atoms with Crippen LogP contribution in [0.5, 0.6) is 0 Å². The number of hydrogen-bond donors (Lipinski definition) is 0. The first-order chi connectivity index (χ1) is 5.50. The minimum absolute atomic E-state index is 0.713. The largest absolute Gasteiger partial charge is 0.303 e. The fraction of sp³-hybridized carbons (Fsp3) is 1.00. The molecule has 12 heavy (non-hydrogen) atoms. The zero-order valence-corrected chi connectivity index (χ0v) is 9.59. The lowest BCUT2D eigenvalue weighted by molar-refractivity contribution is 0.168. The van der Waals surface area contributed by atoms with E-state index in [9.17, 15) is 0 Å². The Labute approximate surface area is 78.1 Å².